The Balaban J connectivity index is 5.23. The summed E-state index contributed by atoms with van der Waals surface area (Å²) in [4.78, 5) is 25.2. The number of thioether (sulfide) groups is 2. The van der Waals surface area contributed by atoms with Gasteiger partial charge in [-0.15, -0.1) is 11.8 Å². The van der Waals surface area contributed by atoms with Crippen molar-refractivity contribution in [2.75, 3.05) is 47.8 Å². The van der Waals surface area contributed by atoms with E-state index in [2.05, 4.69) is 0 Å². The Morgan fingerprint density at radius 2 is 1.76 bits per heavy atom. The van der Waals surface area contributed by atoms with Crippen LogP contribution < -0.4 is 5.73 Å². The third kappa shape index (κ3) is 13.2. The zero-order valence-corrected chi connectivity index (χ0v) is 25.8. The second-order valence-electron chi connectivity index (χ2n) is 9.74. The number of thiocarbonyl (C=S) groups is 1. The van der Waals surface area contributed by atoms with Gasteiger partial charge in [0.1, 0.15) is 8.28 Å². The Labute approximate surface area is 221 Å². The maximum absolute atomic E-state index is 13.1. The molecule has 0 saturated heterocycles. The maximum atomic E-state index is 13.1. The average molecular weight is 558 g/mol. The van der Waals surface area contributed by atoms with Gasteiger partial charge in [-0.3, -0.25) is 14.1 Å². The number of nitrogens with two attached hydrogens (primary N) is 1. The molecule has 0 heterocycles. The molecule has 12 heteroatoms. The fourth-order valence-electron chi connectivity index (χ4n) is 3.19. The van der Waals surface area contributed by atoms with Crippen LogP contribution in [0.2, 0.25) is 6.04 Å². The number of hydrogen-bond donors (Lipinski definition) is 1. The van der Waals surface area contributed by atoms with Gasteiger partial charge in [-0.05, 0) is 45.8 Å². The highest BCUT2D eigenvalue weighted by molar-refractivity contribution is 8.47. The highest BCUT2D eigenvalue weighted by Gasteiger charge is 2.42. The molecule has 2 N–H and O–H groups in total. The molecule has 0 spiro atoms. The van der Waals surface area contributed by atoms with Crippen LogP contribution in [0.5, 0.6) is 0 Å². The number of primary amides is 1. The van der Waals surface area contributed by atoms with Crippen LogP contribution in [0.15, 0.2) is 0 Å². The number of carbonyl (C=O) groups excluding carboxylic acids is 2. The monoisotopic (exact) mass is 557 g/mol. The van der Waals surface area contributed by atoms with E-state index in [0.29, 0.717) is 20.5 Å². The van der Waals surface area contributed by atoms with Crippen molar-refractivity contribution in [2.45, 2.75) is 70.3 Å². The number of carbonyl (C=O) groups is 2. The fraction of sp³-hybridized carbons (Fsp3) is 0.864. The Kier molecular flexibility index (Phi) is 15.7. The van der Waals surface area contributed by atoms with E-state index >= 15 is 0 Å². The zero-order chi connectivity index (χ0) is 26.6. The van der Waals surface area contributed by atoms with E-state index in [4.69, 9.17) is 36.0 Å². The number of rotatable bonds is 17. The Morgan fingerprint density at radius 1 is 1.18 bits per heavy atom. The lowest BCUT2D eigenvalue weighted by Gasteiger charge is -2.31. The summed E-state index contributed by atoms with van der Waals surface area (Å²) in [5.41, 5.74) is 5.63. The van der Waals surface area contributed by atoms with Gasteiger partial charge in [-0.2, -0.15) is 0 Å². The van der Waals surface area contributed by atoms with Crippen molar-refractivity contribution < 1.29 is 32.1 Å². The van der Waals surface area contributed by atoms with Crippen LogP contribution in [0, 0.1) is 5.92 Å². The van der Waals surface area contributed by atoms with Crippen LogP contribution >= 0.6 is 35.7 Å². The lowest BCUT2D eigenvalue weighted by atomic mass is 9.91. The van der Waals surface area contributed by atoms with E-state index in [1.54, 1.807) is 21.1 Å². The molecule has 8 nitrogen and oxygen atoms in total. The van der Waals surface area contributed by atoms with Crippen LogP contribution in [-0.2, 0) is 27.6 Å². The Bertz CT molecular complexity index is 659. The molecule has 0 aliphatic carbocycles. The molecular formula is C22H45N2O6S3Si+. The summed E-state index contributed by atoms with van der Waals surface area (Å²) in [6.45, 7) is 7.91. The van der Waals surface area contributed by atoms with Crippen molar-refractivity contribution in [1.29, 1.82) is 0 Å². The summed E-state index contributed by atoms with van der Waals surface area (Å²) < 4.78 is 22.8. The van der Waals surface area contributed by atoms with Crippen LogP contribution in [0.1, 0.15) is 53.4 Å². The van der Waals surface area contributed by atoms with E-state index < -0.39 is 25.4 Å². The average Bonchev–Trinajstić information content (AvgIpc) is 2.72. The molecule has 0 radical (unpaired) electrons. The van der Waals surface area contributed by atoms with Gasteiger partial charge < -0.3 is 23.7 Å². The Morgan fingerprint density at radius 3 is 2.21 bits per heavy atom. The first-order valence-corrected chi connectivity index (χ1v) is 15.7. The zero-order valence-electron chi connectivity index (χ0n) is 22.3. The first kappa shape index (κ1) is 33.8. The summed E-state index contributed by atoms with van der Waals surface area (Å²) in [6, 6.07) is 0.668. The van der Waals surface area contributed by atoms with Crippen LogP contribution in [-0.4, -0.2) is 87.4 Å². The van der Waals surface area contributed by atoms with Gasteiger partial charge >= 0.3 is 14.8 Å². The van der Waals surface area contributed by atoms with Gasteiger partial charge in [0.25, 0.3) is 0 Å². The molecule has 0 saturated carbocycles. The summed E-state index contributed by atoms with van der Waals surface area (Å²) in [7, 11) is 6.34. The molecule has 34 heavy (non-hydrogen) atoms. The van der Waals surface area contributed by atoms with E-state index in [-0.39, 0.29) is 25.2 Å². The summed E-state index contributed by atoms with van der Waals surface area (Å²) in [5, 5.41) is 0. The highest BCUT2D eigenvalue weighted by atomic mass is 32.2. The van der Waals surface area contributed by atoms with Crippen molar-refractivity contribution >= 4 is 60.0 Å². The second kappa shape index (κ2) is 15.8. The lowest BCUT2D eigenvalue weighted by Crippen LogP contribution is -2.45. The molecule has 0 aliphatic heterocycles. The molecule has 0 rings (SSSR count). The number of hydrogen-bond acceptors (Lipinski definition) is 9. The highest BCUT2D eigenvalue weighted by Crippen LogP contribution is 2.39. The number of nitrogens with zero attached hydrogens (tertiary/aromatic N) is 1. The van der Waals surface area contributed by atoms with Crippen molar-refractivity contribution in [3.05, 3.63) is 0 Å². The largest absolute Gasteiger partial charge is 0.500 e. The van der Waals surface area contributed by atoms with Gasteiger partial charge in [0.05, 0.1) is 21.1 Å². The minimum absolute atomic E-state index is 0.00983. The molecule has 0 aromatic heterocycles. The second-order valence-corrected chi connectivity index (χ2v) is 16.5. The maximum Gasteiger partial charge on any atom is 0.500 e. The summed E-state index contributed by atoms with van der Waals surface area (Å²) in [5.74, 6) is -0.480. The van der Waals surface area contributed by atoms with E-state index in [1.807, 2.05) is 41.9 Å². The third-order valence-electron chi connectivity index (χ3n) is 4.88. The van der Waals surface area contributed by atoms with Gasteiger partial charge in [0, 0.05) is 32.3 Å². The van der Waals surface area contributed by atoms with Gasteiger partial charge in [-0.1, -0.05) is 37.3 Å². The molecule has 0 fully saturated rings. The summed E-state index contributed by atoms with van der Waals surface area (Å²) >= 11 is 8.39. The topological polar surface area (TPSA) is 97.1 Å². The fourth-order valence-corrected chi connectivity index (χ4v) is 8.75. The standard InChI is InChI=1S/C22H44N2O6S3Si/c1-10-12-18(19(23)25)15-22(4,20(26)29-16-24(5,6)7)33-21(31)32-13-11-14-34(27-8,28-9)30-17(2)3/h17-18H,10-16H2,1-9H3,(H-,23,25)/p+1. The molecule has 1 amide bonds. The molecule has 0 aliphatic rings. The minimum Gasteiger partial charge on any atom is -0.414 e. The van der Waals surface area contributed by atoms with Crippen molar-refractivity contribution in [1.82, 2.24) is 0 Å². The number of esters is 1. The third-order valence-corrected chi connectivity index (χ3v) is 10.8. The molecular weight excluding hydrogens is 513 g/mol. The van der Waals surface area contributed by atoms with E-state index in [9.17, 15) is 9.59 Å². The minimum atomic E-state index is -2.71. The van der Waals surface area contributed by atoms with Gasteiger partial charge in [-0.25, -0.2) is 0 Å². The first-order chi connectivity index (χ1) is 15.6. The van der Waals surface area contributed by atoms with Gasteiger partial charge in [0.2, 0.25) is 12.6 Å². The number of ether oxygens (including phenoxy) is 1. The SMILES string of the molecule is CCCC(CC(C)(SC(=S)SCCC[Si](OC)(OC)OC(C)C)C(=O)OC[N+](C)(C)C)C(N)=O. The quantitative estimate of drug-likeness (QED) is 0.0709. The normalized spacial score (nSPS) is 15.1. The lowest BCUT2D eigenvalue weighted by molar-refractivity contribution is -0.888. The molecule has 2 atom stereocenters. The molecule has 0 aromatic rings. The van der Waals surface area contributed by atoms with E-state index in [0.717, 1.165) is 18.6 Å². The van der Waals surface area contributed by atoms with Crippen molar-refractivity contribution in [3.63, 3.8) is 0 Å². The van der Waals surface area contributed by atoms with Crippen molar-refractivity contribution in [3.8, 4) is 0 Å². The predicted octanol–water partition coefficient (Wildman–Crippen LogP) is 4.04. The van der Waals surface area contributed by atoms with Gasteiger partial charge in [0.15, 0.2) is 0 Å². The van der Waals surface area contributed by atoms with Crippen LogP contribution in [0.4, 0.5) is 0 Å². The van der Waals surface area contributed by atoms with Crippen LogP contribution in [0.25, 0.3) is 0 Å². The number of quaternary nitrogens is 1. The first-order valence-electron chi connectivity index (χ1n) is 11.5. The smallest absolute Gasteiger partial charge is 0.414 e. The molecule has 200 valence electrons. The Hall–Kier alpha value is -0.213. The van der Waals surface area contributed by atoms with Crippen molar-refractivity contribution in [2.24, 2.45) is 11.7 Å². The summed E-state index contributed by atoms with van der Waals surface area (Å²) in [6.07, 6.45) is 2.49. The van der Waals surface area contributed by atoms with E-state index in [1.165, 1.54) is 23.5 Å². The number of amides is 1. The molecule has 0 bridgehead atoms. The molecule has 2 unspecified atom stereocenters. The molecule has 0 aromatic carbocycles. The van der Waals surface area contributed by atoms with Crippen LogP contribution in [0.3, 0.4) is 0 Å². The predicted molar refractivity (Wildman–Crippen MR) is 148 cm³/mol.